The summed E-state index contributed by atoms with van der Waals surface area (Å²) in [6.45, 7) is 2.67. The van der Waals surface area contributed by atoms with Gasteiger partial charge in [-0.15, -0.1) is 0 Å². The summed E-state index contributed by atoms with van der Waals surface area (Å²) < 4.78 is 11.6. The summed E-state index contributed by atoms with van der Waals surface area (Å²) >= 11 is 3.34. The smallest absolute Gasteiger partial charge is 0.272 e. The summed E-state index contributed by atoms with van der Waals surface area (Å²) in [7, 11) is 1.59. The second-order valence-electron chi connectivity index (χ2n) is 4.94. The van der Waals surface area contributed by atoms with Crippen LogP contribution in [0.15, 0.2) is 52.0 Å². The standard InChI is InChI=1S/C18H19BrN2O3/c1-3-10-24-16-9-8-13(11-17(16)23-2)12-20-21-18(22)14-6-4-5-7-15(14)19/h4-9,11-12H,3,10H2,1-2H3,(H,21,22)/b20-12+. The Morgan fingerprint density at radius 2 is 2.04 bits per heavy atom. The fourth-order valence-electron chi connectivity index (χ4n) is 1.97. The number of hydrogen-bond donors (Lipinski definition) is 1. The van der Waals surface area contributed by atoms with Crippen molar-refractivity contribution in [1.29, 1.82) is 0 Å². The van der Waals surface area contributed by atoms with Crippen LogP contribution in [0.1, 0.15) is 29.3 Å². The predicted octanol–water partition coefficient (Wildman–Crippen LogP) is 4.01. The van der Waals surface area contributed by atoms with Crippen molar-refractivity contribution in [1.82, 2.24) is 5.43 Å². The number of rotatable bonds is 7. The van der Waals surface area contributed by atoms with Crippen LogP contribution < -0.4 is 14.9 Å². The fourth-order valence-corrected chi connectivity index (χ4v) is 2.43. The minimum Gasteiger partial charge on any atom is -0.493 e. The zero-order valence-electron chi connectivity index (χ0n) is 13.6. The molecule has 1 N–H and O–H groups in total. The van der Waals surface area contributed by atoms with E-state index >= 15 is 0 Å². The van der Waals surface area contributed by atoms with Crippen LogP contribution in [0, 0.1) is 0 Å². The van der Waals surface area contributed by atoms with E-state index in [-0.39, 0.29) is 5.91 Å². The maximum absolute atomic E-state index is 12.1. The number of hydrazone groups is 1. The third-order valence-corrected chi connectivity index (χ3v) is 3.84. The molecule has 0 heterocycles. The number of nitrogens with one attached hydrogen (secondary N) is 1. The largest absolute Gasteiger partial charge is 0.493 e. The van der Waals surface area contributed by atoms with Crippen LogP contribution in [0.2, 0.25) is 0 Å². The molecule has 0 unspecified atom stereocenters. The minimum absolute atomic E-state index is 0.284. The van der Waals surface area contributed by atoms with Gasteiger partial charge in [0.05, 0.1) is 25.5 Å². The second-order valence-corrected chi connectivity index (χ2v) is 5.79. The van der Waals surface area contributed by atoms with E-state index in [0.29, 0.717) is 23.7 Å². The van der Waals surface area contributed by atoms with Crippen LogP contribution in [-0.4, -0.2) is 25.8 Å². The van der Waals surface area contributed by atoms with Gasteiger partial charge < -0.3 is 9.47 Å². The van der Waals surface area contributed by atoms with E-state index in [1.807, 2.05) is 25.1 Å². The van der Waals surface area contributed by atoms with Crippen LogP contribution in [0.4, 0.5) is 0 Å². The number of methoxy groups -OCH3 is 1. The SMILES string of the molecule is CCCOc1ccc(/C=N/NC(=O)c2ccccc2Br)cc1OC. The Bertz CT molecular complexity index is 732. The fraction of sp³-hybridized carbons (Fsp3) is 0.222. The lowest BCUT2D eigenvalue weighted by Gasteiger charge is -2.10. The van der Waals surface area contributed by atoms with Crippen LogP contribution in [-0.2, 0) is 0 Å². The van der Waals surface area contributed by atoms with E-state index in [1.54, 1.807) is 37.6 Å². The Labute approximate surface area is 149 Å². The molecule has 5 nitrogen and oxygen atoms in total. The third kappa shape index (κ3) is 4.83. The minimum atomic E-state index is -0.284. The Balaban J connectivity index is 2.04. The molecule has 0 aliphatic heterocycles. The first-order valence-electron chi connectivity index (χ1n) is 7.54. The van der Waals surface area contributed by atoms with Gasteiger partial charge in [0.15, 0.2) is 11.5 Å². The molecule has 1 amide bonds. The van der Waals surface area contributed by atoms with Crippen molar-refractivity contribution < 1.29 is 14.3 Å². The van der Waals surface area contributed by atoms with E-state index in [2.05, 4.69) is 26.5 Å². The van der Waals surface area contributed by atoms with Crippen molar-refractivity contribution in [3.63, 3.8) is 0 Å². The molecule has 0 aliphatic rings. The first-order valence-corrected chi connectivity index (χ1v) is 8.33. The van der Waals surface area contributed by atoms with Gasteiger partial charge in [0.2, 0.25) is 0 Å². The Morgan fingerprint density at radius 1 is 1.25 bits per heavy atom. The lowest BCUT2D eigenvalue weighted by atomic mass is 10.2. The molecule has 6 heteroatoms. The predicted molar refractivity (Wildman–Crippen MR) is 98.0 cm³/mol. The molecule has 0 saturated heterocycles. The van der Waals surface area contributed by atoms with Crippen molar-refractivity contribution in [2.75, 3.05) is 13.7 Å². The van der Waals surface area contributed by atoms with E-state index in [4.69, 9.17) is 9.47 Å². The Kier molecular flexibility index (Phi) is 6.81. The zero-order chi connectivity index (χ0) is 17.4. The summed E-state index contributed by atoms with van der Waals surface area (Å²) in [6, 6.07) is 12.6. The molecule has 0 bridgehead atoms. The number of hydrogen-bond acceptors (Lipinski definition) is 4. The molecule has 0 spiro atoms. The summed E-state index contributed by atoms with van der Waals surface area (Å²) in [6.07, 6.45) is 2.48. The average molecular weight is 391 g/mol. The number of amides is 1. The van der Waals surface area contributed by atoms with Crippen molar-refractivity contribution in [2.24, 2.45) is 5.10 Å². The number of carbonyl (C=O) groups excluding carboxylic acids is 1. The van der Waals surface area contributed by atoms with Crippen molar-refractivity contribution in [3.8, 4) is 11.5 Å². The highest BCUT2D eigenvalue weighted by atomic mass is 79.9. The molecule has 2 aromatic rings. The lowest BCUT2D eigenvalue weighted by Crippen LogP contribution is -2.18. The first-order chi connectivity index (χ1) is 11.7. The number of nitrogens with zero attached hydrogens (tertiary/aromatic N) is 1. The summed E-state index contributed by atoms with van der Waals surface area (Å²) in [5.74, 6) is 1.03. The highest BCUT2D eigenvalue weighted by Gasteiger charge is 2.08. The number of ether oxygens (including phenoxy) is 2. The van der Waals surface area contributed by atoms with E-state index in [9.17, 15) is 4.79 Å². The molecular formula is C18H19BrN2O3. The molecule has 0 atom stereocenters. The highest BCUT2D eigenvalue weighted by molar-refractivity contribution is 9.10. The average Bonchev–Trinajstić information content (AvgIpc) is 2.60. The van der Waals surface area contributed by atoms with Gasteiger partial charge in [-0.2, -0.15) is 5.10 Å². The number of halogens is 1. The molecule has 2 aromatic carbocycles. The van der Waals surface area contributed by atoms with Gasteiger partial charge >= 0.3 is 0 Å². The van der Waals surface area contributed by atoms with Crippen LogP contribution in [0.3, 0.4) is 0 Å². The van der Waals surface area contributed by atoms with Crippen LogP contribution in [0.25, 0.3) is 0 Å². The van der Waals surface area contributed by atoms with Crippen LogP contribution >= 0.6 is 15.9 Å². The van der Waals surface area contributed by atoms with E-state index in [1.165, 1.54) is 0 Å². The molecule has 0 saturated carbocycles. The molecule has 0 fully saturated rings. The third-order valence-electron chi connectivity index (χ3n) is 3.15. The van der Waals surface area contributed by atoms with Gasteiger partial charge in [-0.25, -0.2) is 5.43 Å². The van der Waals surface area contributed by atoms with Crippen molar-refractivity contribution in [3.05, 3.63) is 58.1 Å². The monoisotopic (exact) mass is 390 g/mol. The quantitative estimate of drug-likeness (QED) is 0.573. The molecule has 0 aliphatic carbocycles. The maximum atomic E-state index is 12.1. The summed E-state index contributed by atoms with van der Waals surface area (Å²) in [5, 5.41) is 3.98. The normalized spacial score (nSPS) is 10.6. The van der Waals surface area contributed by atoms with Gasteiger partial charge in [0, 0.05) is 4.47 Å². The topological polar surface area (TPSA) is 59.9 Å². The first kappa shape index (κ1) is 18.0. The Hall–Kier alpha value is -2.34. The van der Waals surface area contributed by atoms with Crippen molar-refractivity contribution in [2.45, 2.75) is 13.3 Å². The van der Waals surface area contributed by atoms with E-state index in [0.717, 1.165) is 16.5 Å². The zero-order valence-corrected chi connectivity index (χ0v) is 15.2. The molecule has 0 radical (unpaired) electrons. The summed E-state index contributed by atoms with van der Waals surface area (Å²) in [5.41, 5.74) is 3.82. The number of benzene rings is 2. The van der Waals surface area contributed by atoms with Gasteiger partial charge in [0.25, 0.3) is 5.91 Å². The lowest BCUT2D eigenvalue weighted by molar-refractivity contribution is 0.0954. The number of carbonyl (C=O) groups is 1. The highest BCUT2D eigenvalue weighted by Crippen LogP contribution is 2.27. The van der Waals surface area contributed by atoms with Gasteiger partial charge in [-0.3, -0.25) is 4.79 Å². The molecule has 2 rings (SSSR count). The molecule has 126 valence electrons. The molecule has 24 heavy (non-hydrogen) atoms. The van der Waals surface area contributed by atoms with Crippen molar-refractivity contribution >= 4 is 28.1 Å². The molecular weight excluding hydrogens is 372 g/mol. The maximum Gasteiger partial charge on any atom is 0.272 e. The van der Waals surface area contributed by atoms with E-state index < -0.39 is 0 Å². The van der Waals surface area contributed by atoms with Crippen LogP contribution in [0.5, 0.6) is 11.5 Å². The Morgan fingerprint density at radius 3 is 2.75 bits per heavy atom. The second kappa shape index (κ2) is 9.08. The van der Waals surface area contributed by atoms with Gasteiger partial charge in [-0.1, -0.05) is 19.1 Å². The summed E-state index contributed by atoms with van der Waals surface area (Å²) in [4.78, 5) is 12.1. The van der Waals surface area contributed by atoms with Gasteiger partial charge in [-0.05, 0) is 58.2 Å². The van der Waals surface area contributed by atoms with Gasteiger partial charge in [0.1, 0.15) is 0 Å². The molecule has 0 aromatic heterocycles.